The van der Waals surface area contributed by atoms with E-state index in [1.807, 2.05) is 0 Å². The molecule has 12 heavy (non-hydrogen) atoms. The van der Waals surface area contributed by atoms with Crippen LogP contribution in [-0.4, -0.2) is 37.0 Å². The van der Waals surface area contributed by atoms with Crippen LogP contribution in [0.15, 0.2) is 0 Å². The summed E-state index contributed by atoms with van der Waals surface area (Å²) < 4.78 is 16.1. The first kappa shape index (κ1) is 7.26. The number of aliphatic hydroxyl groups excluding tert-OH is 1. The van der Waals surface area contributed by atoms with Crippen LogP contribution >= 0.6 is 0 Å². The molecule has 0 aromatic heterocycles. The smallest absolute Gasteiger partial charge is 0.166 e. The molecule has 0 aromatic rings. The van der Waals surface area contributed by atoms with Crippen molar-refractivity contribution < 1.29 is 19.3 Å². The monoisotopic (exact) mass is 172 g/mol. The van der Waals surface area contributed by atoms with E-state index in [1.165, 1.54) is 0 Å². The number of aliphatic hydroxyl groups is 1. The van der Waals surface area contributed by atoms with Crippen molar-refractivity contribution in [2.24, 2.45) is 11.8 Å². The lowest BCUT2D eigenvalue weighted by Crippen LogP contribution is -2.26. The third-order valence-corrected chi connectivity index (χ3v) is 3.04. The summed E-state index contributed by atoms with van der Waals surface area (Å²) in [7, 11) is 0. The maximum atomic E-state index is 9.59. The minimum atomic E-state index is -0.355. The fourth-order valence-corrected chi connectivity index (χ4v) is 2.44. The third kappa shape index (κ3) is 0.808. The summed E-state index contributed by atoms with van der Waals surface area (Å²) in [5, 5.41) is 9.59. The Kier molecular flexibility index (Phi) is 1.46. The number of hydrogen-bond donors (Lipinski definition) is 1. The van der Waals surface area contributed by atoms with Crippen LogP contribution in [0, 0.1) is 11.8 Å². The standard InChI is InChI=1S/C8H12O4/c9-5-3-11-8-6(5)4-1-2-10-7(4)12-8/h4-9H,1-3H2/t4-,5-,6-,7+,8-/m1/s1. The van der Waals surface area contributed by atoms with E-state index < -0.39 is 0 Å². The number of rotatable bonds is 0. The van der Waals surface area contributed by atoms with Crippen molar-refractivity contribution >= 4 is 0 Å². The molecule has 5 atom stereocenters. The quantitative estimate of drug-likeness (QED) is 0.545. The van der Waals surface area contributed by atoms with Crippen molar-refractivity contribution in [2.45, 2.75) is 25.1 Å². The van der Waals surface area contributed by atoms with Crippen molar-refractivity contribution in [1.82, 2.24) is 0 Å². The molecule has 1 N–H and O–H groups in total. The highest BCUT2D eigenvalue weighted by Crippen LogP contribution is 2.44. The van der Waals surface area contributed by atoms with Gasteiger partial charge in [0.2, 0.25) is 0 Å². The summed E-state index contributed by atoms with van der Waals surface area (Å²) in [6, 6.07) is 0. The molecule has 3 aliphatic heterocycles. The summed E-state index contributed by atoms with van der Waals surface area (Å²) in [5.74, 6) is 0.505. The molecule has 3 rings (SSSR count). The Morgan fingerprint density at radius 1 is 1.17 bits per heavy atom. The average Bonchev–Trinajstić information content (AvgIpc) is 2.61. The summed E-state index contributed by atoms with van der Waals surface area (Å²) in [6.45, 7) is 1.17. The van der Waals surface area contributed by atoms with Gasteiger partial charge in [0.15, 0.2) is 12.6 Å². The van der Waals surface area contributed by atoms with Crippen molar-refractivity contribution in [3.8, 4) is 0 Å². The summed E-state index contributed by atoms with van der Waals surface area (Å²) in [5.41, 5.74) is 0. The Bertz CT molecular complexity index is 195. The van der Waals surface area contributed by atoms with E-state index in [0.717, 1.165) is 13.0 Å². The second-order valence-corrected chi connectivity index (χ2v) is 3.67. The van der Waals surface area contributed by atoms with Gasteiger partial charge >= 0.3 is 0 Å². The maximum Gasteiger partial charge on any atom is 0.166 e. The third-order valence-electron chi connectivity index (χ3n) is 3.04. The first-order valence-electron chi connectivity index (χ1n) is 4.43. The molecule has 0 amide bonds. The van der Waals surface area contributed by atoms with Gasteiger partial charge < -0.3 is 19.3 Å². The van der Waals surface area contributed by atoms with Gasteiger partial charge in [-0.1, -0.05) is 0 Å². The lowest BCUT2D eigenvalue weighted by atomic mass is 9.89. The summed E-state index contributed by atoms with van der Waals surface area (Å²) in [6.07, 6.45) is 0.309. The van der Waals surface area contributed by atoms with Gasteiger partial charge in [-0.05, 0) is 6.42 Å². The van der Waals surface area contributed by atoms with Crippen LogP contribution in [0.3, 0.4) is 0 Å². The zero-order valence-electron chi connectivity index (χ0n) is 6.68. The fraction of sp³-hybridized carbons (Fsp3) is 1.00. The summed E-state index contributed by atoms with van der Waals surface area (Å²) in [4.78, 5) is 0. The van der Waals surface area contributed by atoms with E-state index in [0.29, 0.717) is 12.5 Å². The van der Waals surface area contributed by atoms with Crippen LogP contribution in [-0.2, 0) is 14.2 Å². The van der Waals surface area contributed by atoms with Crippen LogP contribution in [0.5, 0.6) is 0 Å². The first-order valence-corrected chi connectivity index (χ1v) is 4.43. The van der Waals surface area contributed by atoms with Crippen LogP contribution in [0.1, 0.15) is 6.42 Å². The van der Waals surface area contributed by atoms with Gasteiger partial charge in [0.25, 0.3) is 0 Å². The molecule has 3 saturated heterocycles. The Hall–Kier alpha value is -0.160. The van der Waals surface area contributed by atoms with Gasteiger partial charge in [0, 0.05) is 11.8 Å². The van der Waals surface area contributed by atoms with E-state index >= 15 is 0 Å². The molecular formula is C8H12O4. The molecule has 0 radical (unpaired) electrons. The molecule has 3 fully saturated rings. The van der Waals surface area contributed by atoms with Crippen LogP contribution < -0.4 is 0 Å². The minimum Gasteiger partial charge on any atom is -0.390 e. The molecule has 0 aromatic carbocycles. The van der Waals surface area contributed by atoms with Gasteiger partial charge in [0.05, 0.1) is 19.3 Å². The van der Waals surface area contributed by atoms with Crippen molar-refractivity contribution in [1.29, 1.82) is 0 Å². The molecule has 4 heteroatoms. The SMILES string of the molecule is O[C@@H]1CO[C@@H]2O[C@@H]3OCC[C@@H]3[C@@H]21. The summed E-state index contributed by atoms with van der Waals surface area (Å²) >= 11 is 0. The van der Waals surface area contributed by atoms with Crippen molar-refractivity contribution in [2.75, 3.05) is 13.2 Å². The number of ether oxygens (including phenoxy) is 3. The van der Waals surface area contributed by atoms with E-state index in [1.54, 1.807) is 0 Å². The highest BCUT2D eigenvalue weighted by atomic mass is 16.8. The Labute approximate surface area is 70.4 Å². The molecule has 3 heterocycles. The Balaban J connectivity index is 1.85. The molecule has 0 bridgehead atoms. The van der Waals surface area contributed by atoms with Gasteiger partial charge in [-0.3, -0.25) is 0 Å². The van der Waals surface area contributed by atoms with Crippen LogP contribution in [0.25, 0.3) is 0 Å². The predicted molar refractivity (Wildman–Crippen MR) is 38.2 cm³/mol. The van der Waals surface area contributed by atoms with Crippen LogP contribution in [0.2, 0.25) is 0 Å². The second-order valence-electron chi connectivity index (χ2n) is 3.67. The number of hydrogen-bond acceptors (Lipinski definition) is 4. The molecule has 0 unspecified atom stereocenters. The zero-order valence-corrected chi connectivity index (χ0v) is 6.68. The van der Waals surface area contributed by atoms with Gasteiger partial charge in [-0.15, -0.1) is 0 Å². The van der Waals surface area contributed by atoms with E-state index in [4.69, 9.17) is 14.2 Å². The fourth-order valence-electron chi connectivity index (χ4n) is 2.44. The first-order chi connectivity index (χ1) is 5.86. The highest BCUT2D eigenvalue weighted by molar-refractivity contribution is 4.93. The topological polar surface area (TPSA) is 47.9 Å². The van der Waals surface area contributed by atoms with Crippen LogP contribution in [0.4, 0.5) is 0 Å². The lowest BCUT2D eigenvalue weighted by molar-refractivity contribution is -0.188. The van der Waals surface area contributed by atoms with E-state index in [9.17, 15) is 5.11 Å². The van der Waals surface area contributed by atoms with Gasteiger partial charge in [0.1, 0.15) is 0 Å². The Morgan fingerprint density at radius 2 is 2.08 bits per heavy atom. The maximum absolute atomic E-state index is 9.59. The molecule has 3 aliphatic rings. The number of fused-ring (bicyclic) bond motifs is 3. The van der Waals surface area contributed by atoms with E-state index in [-0.39, 0.29) is 24.6 Å². The molecule has 0 aliphatic carbocycles. The van der Waals surface area contributed by atoms with Gasteiger partial charge in [-0.2, -0.15) is 0 Å². The second kappa shape index (κ2) is 2.42. The largest absolute Gasteiger partial charge is 0.390 e. The average molecular weight is 172 g/mol. The minimum absolute atomic E-state index is 0.116. The predicted octanol–water partition coefficient (Wildman–Crippen LogP) is -0.287. The zero-order chi connectivity index (χ0) is 8.13. The molecule has 0 saturated carbocycles. The Morgan fingerprint density at radius 3 is 3.00 bits per heavy atom. The highest BCUT2D eigenvalue weighted by Gasteiger charge is 2.54. The normalized spacial score (nSPS) is 57.2. The van der Waals surface area contributed by atoms with E-state index in [2.05, 4.69) is 0 Å². The van der Waals surface area contributed by atoms with Crippen molar-refractivity contribution in [3.05, 3.63) is 0 Å². The molecular weight excluding hydrogens is 160 g/mol. The van der Waals surface area contributed by atoms with Gasteiger partial charge in [-0.25, -0.2) is 0 Å². The molecule has 68 valence electrons. The molecule has 4 nitrogen and oxygen atoms in total. The lowest BCUT2D eigenvalue weighted by Gasteiger charge is -2.14. The van der Waals surface area contributed by atoms with Crippen molar-refractivity contribution in [3.63, 3.8) is 0 Å². The molecule has 0 spiro atoms.